The highest BCUT2D eigenvalue weighted by Crippen LogP contribution is 2.41. The van der Waals surface area contributed by atoms with E-state index < -0.39 is 0 Å². The summed E-state index contributed by atoms with van der Waals surface area (Å²) in [7, 11) is 0. The number of esters is 1. The van der Waals surface area contributed by atoms with Crippen molar-refractivity contribution in [3.8, 4) is 0 Å². The number of rotatable bonds is 7. The van der Waals surface area contributed by atoms with Crippen LogP contribution < -0.4 is 0 Å². The normalized spacial score (nSPS) is 28.7. The van der Waals surface area contributed by atoms with Crippen LogP contribution in [0.1, 0.15) is 100 Å². The Kier molecular flexibility index (Phi) is 7.79. The van der Waals surface area contributed by atoms with Crippen LogP contribution in [0.4, 0.5) is 0 Å². The lowest BCUT2D eigenvalue weighted by Gasteiger charge is -2.37. The van der Waals surface area contributed by atoms with Crippen molar-refractivity contribution in [3.05, 3.63) is 35.4 Å². The minimum atomic E-state index is -0.137. The number of hydrogen-bond donors (Lipinski definition) is 0. The first-order valence-electron chi connectivity index (χ1n) is 11.5. The van der Waals surface area contributed by atoms with E-state index in [0.29, 0.717) is 5.56 Å². The van der Waals surface area contributed by atoms with E-state index in [4.69, 9.17) is 4.74 Å². The zero-order valence-electron chi connectivity index (χ0n) is 17.4. The van der Waals surface area contributed by atoms with Crippen LogP contribution in [-0.4, -0.2) is 12.1 Å². The summed E-state index contributed by atoms with van der Waals surface area (Å²) >= 11 is 0. The fourth-order valence-corrected chi connectivity index (χ4v) is 5.35. The SMILES string of the molecule is CCCc1ccc(C(=O)OC2CCC(C3CCC(CCC)CC3)CC2)cc1. The Bertz CT molecular complexity index is 560. The summed E-state index contributed by atoms with van der Waals surface area (Å²) in [4.78, 5) is 12.4. The molecule has 0 amide bonds. The third kappa shape index (κ3) is 5.83. The van der Waals surface area contributed by atoms with E-state index >= 15 is 0 Å². The molecule has 2 saturated carbocycles. The molecule has 0 heterocycles. The first-order valence-corrected chi connectivity index (χ1v) is 11.5. The molecule has 1 aromatic carbocycles. The number of ether oxygens (including phenoxy) is 1. The zero-order chi connectivity index (χ0) is 19.1. The van der Waals surface area contributed by atoms with Gasteiger partial charge in [-0.2, -0.15) is 0 Å². The van der Waals surface area contributed by atoms with E-state index in [9.17, 15) is 4.79 Å². The lowest BCUT2D eigenvalue weighted by atomic mass is 9.70. The van der Waals surface area contributed by atoms with E-state index in [0.717, 1.165) is 43.4 Å². The van der Waals surface area contributed by atoms with Crippen LogP contribution in [0.15, 0.2) is 24.3 Å². The van der Waals surface area contributed by atoms with Crippen LogP contribution >= 0.6 is 0 Å². The van der Waals surface area contributed by atoms with Gasteiger partial charge in [0.1, 0.15) is 6.10 Å². The van der Waals surface area contributed by atoms with Gasteiger partial charge in [-0.1, -0.05) is 58.1 Å². The molecule has 3 rings (SSSR count). The molecule has 0 aromatic heterocycles. The molecule has 27 heavy (non-hydrogen) atoms. The zero-order valence-corrected chi connectivity index (χ0v) is 17.4. The van der Waals surface area contributed by atoms with Crippen molar-refractivity contribution < 1.29 is 9.53 Å². The maximum atomic E-state index is 12.4. The van der Waals surface area contributed by atoms with Gasteiger partial charge < -0.3 is 4.74 Å². The maximum absolute atomic E-state index is 12.4. The third-order valence-corrected chi connectivity index (χ3v) is 6.98. The van der Waals surface area contributed by atoms with Crippen molar-refractivity contribution in [2.45, 2.75) is 97.0 Å². The molecule has 0 spiro atoms. The van der Waals surface area contributed by atoms with E-state index in [1.807, 2.05) is 12.1 Å². The standard InChI is InChI=1S/C25H38O2/c1-3-5-19-7-11-21(12-8-19)22-15-17-24(18-16-22)27-25(26)23-13-9-20(6-4-2)10-14-23/h9-10,13-14,19,21-22,24H,3-8,11-12,15-18H2,1-2H3. The Morgan fingerprint density at radius 1 is 0.852 bits per heavy atom. The third-order valence-electron chi connectivity index (χ3n) is 6.98. The molecule has 2 heteroatoms. The van der Waals surface area contributed by atoms with Gasteiger partial charge in [-0.15, -0.1) is 0 Å². The molecule has 0 radical (unpaired) electrons. The number of hydrogen-bond acceptors (Lipinski definition) is 2. The van der Waals surface area contributed by atoms with E-state index in [2.05, 4.69) is 26.0 Å². The van der Waals surface area contributed by atoms with Crippen molar-refractivity contribution >= 4 is 5.97 Å². The first-order chi connectivity index (χ1) is 13.2. The molecule has 150 valence electrons. The van der Waals surface area contributed by atoms with Gasteiger partial charge in [0.05, 0.1) is 5.56 Å². The summed E-state index contributed by atoms with van der Waals surface area (Å²) in [5.41, 5.74) is 1.99. The molecule has 1 aromatic rings. The lowest BCUT2D eigenvalue weighted by molar-refractivity contribution is 0.0109. The summed E-state index contributed by atoms with van der Waals surface area (Å²) in [5, 5.41) is 0. The predicted molar refractivity (Wildman–Crippen MR) is 112 cm³/mol. The second-order valence-electron chi connectivity index (χ2n) is 8.96. The van der Waals surface area contributed by atoms with Crippen molar-refractivity contribution in [2.24, 2.45) is 17.8 Å². The molecule has 2 aliphatic carbocycles. The molecular weight excluding hydrogens is 332 g/mol. The minimum absolute atomic E-state index is 0.125. The number of carbonyl (C=O) groups excluding carboxylic acids is 1. The van der Waals surface area contributed by atoms with Gasteiger partial charge in [0.25, 0.3) is 0 Å². The lowest BCUT2D eigenvalue weighted by Crippen LogP contribution is -2.29. The van der Waals surface area contributed by atoms with Crippen molar-refractivity contribution in [2.75, 3.05) is 0 Å². The molecule has 0 saturated heterocycles. The summed E-state index contributed by atoms with van der Waals surface area (Å²) in [6, 6.07) is 7.97. The Morgan fingerprint density at radius 2 is 1.44 bits per heavy atom. The molecule has 0 atom stereocenters. The van der Waals surface area contributed by atoms with Gasteiger partial charge in [-0.25, -0.2) is 4.79 Å². The molecular formula is C25H38O2. The van der Waals surface area contributed by atoms with Gasteiger partial charge in [0.15, 0.2) is 0 Å². The van der Waals surface area contributed by atoms with Gasteiger partial charge >= 0.3 is 5.97 Å². The minimum Gasteiger partial charge on any atom is -0.459 e. The molecule has 0 N–H and O–H groups in total. The smallest absolute Gasteiger partial charge is 0.338 e. The van der Waals surface area contributed by atoms with Crippen molar-refractivity contribution in [1.29, 1.82) is 0 Å². The van der Waals surface area contributed by atoms with Crippen LogP contribution in [0.3, 0.4) is 0 Å². The summed E-state index contributed by atoms with van der Waals surface area (Å²) < 4.78 is 5.82. The predicted octanol–water partition coefficient (Wildman–Crippen LogP) is 6.96. The van der Waals surface area contributed by atoms with Crippen molar-refractivity contribution in [1.82, 2.24) is 0 Å². The molecule has 2 aliphatic rings. The van der Waals surface area contributed by atoms with Gasteiger partial charge in [-0.3, -0.25) is 0 Å². The Balaban J connectivity index is 1.41. The first kappa shape index (κ1) is 20.4. The largest absolute Gasteiger partial charge is 0.459 e. The fourth-order valence-electron chi connectivity index (χ4n) is 5.35. The van der Waals surface area contributed by atoms with Gasteiger partial charge in [0, 0.05) is 0 Å². The van der Waals surface area contributed by atoms with Gasteiger partial charge in [0.2, 0.25) is 0 Å². The number of carbonyl (C=O) groups is 1. The van der Waals surface area contributed by atoms with Crippen molar-refractivity contribution in [3.63, 3.8) is 0 Å². The summed E-state index contributed by atoms with van der Waals surface area (Å²) in [6.07, 6.45) is 15.5. The molecule has 0 bridgehead atoms. The number of benzene rings is 1. The summed E-state index contributed by atoms with van der Waals surface area (Å²) in [5.74, 6) is 2.66. The van der Waals surface area contributed by atoms with Crippen LogP contribution in [0, 0.1) is 17.8 Å². The average molecular weight is 371 g/mol. The second kappa shape index (κ2) is 10.3. The Morgan fingerprint density at radius 3 is 2.00 bits per heavy atom. The van der Waals surface area contributed by atoms with Crippen LogP contribution in [0.2, 0.25) is 0 Å². The topological polar surface area (TPSA) is 26.3 Å². The molecule has 0 unspecified atom stereocenters. The highest BCUT2D eigenvalue weighted by molar-refractivity contribution is 5.89. The molecule has 0 aliphatic heterocycles. The monoisotopic (exact) mass is 370 g/mol. The van der Waals surface area contributed by atoms with Gasteiger partial charge in [-0.05, 0) is 80.4 Å². The van der Waals surface area contributed by atoms with Crippen LogP contribution in [-0.2, 0) is 11.2 Å². The van der Waals surface area contributed by atoms with Crippen LogP contribution in [0.25, 0.3) is 0 Å². The Labute approximate surface area is 166 Å². The van der Waals surface area contributed by atoms with E-state index in [1.54, 1.807) is 0 Å². The quantitative estimate of drug-likeness (QED) is 0.485. The highest BCUT2D eigenvalue weighted by Gasteiger charge is 2.31. The average Bonchev–Trinajstić information content (AvgIpc) is 2.70. The fraction of sp³-hybridized carbons (Fsp3) is 0.720. The second-order valence-corrected chi connectivity index (χ2v) is 8.96. The van der Waals surface area contributed by atoms with E-state index in [1.165, 1.54) is 56.9 Å². The van der Waals surface area contributed by atoms with Crippen LogP contribution in [0.5, 0.6) is 0 Å². The molecule has 2 nitrogen and oxygen atoms in total. The maximum Gasteiger partial charge on any atom is 0.338 e. The Hall–Kier alpha value is -1.31. The number of aryl methyl sites for hydroxylation is 1. The highest BCUT2D eigenvalue weighted by atomic mass is 16.5. The molecule has 2 fully saturated rings. The van der Waals surface area contributed by atoms with E-state index in [-0.39, 0.29) is 12.1 Å². The summed E-state index contributed by atoms with van der Waals surface area (Å²) in [6.45, 7) is 4.49.